The van der Waals surface area contributed by atoms with Gasteiger partial charge < -0.3 is 0 Å². The minimum Gasteiger partial charge on any atom is -0.192 e. The van der Waals surface area contributed by atoms with Crippen molar-refractivity contribution in [3.05, 3.63) is 33.3 Å². The Labute approximate surface area is 86.5 Å². The lowest BCUT2D eigenvalue weighted by Crippen LogP contribution is -2.03. The normalized spacial score (nSPS) is 14.8. The number of fused-ring (bicyclic) bond motifs is 1. The number of hydrogen-bond acceptors (Lipinski definition) is 1. The average Bonchev–Trinajstić information content (AvgIpc) is 2.18. The van der Waals surface area contributed by atoms with Gasteiger partial charge in [0.25, 0.3) is 0 Å². The summed E-state index contributed by atoms with van der Waals surface area (Å²) in [4.78, 5) is 0. The number of benzene rings is 1. The van der Waals surface area contributed by atoms with Crippen LogP contribution in [0.3, 0.4) is 0 Å². The third kappa shape index (κ3) is 1.62. The fourth-order valence-electron chi connectivity index (χ4n) is 1.88. The van der Waals surface area contributed by atoms with Crippen molar-refractivity contribution in [2.75, 3.05) is 0 Å². The SMILES string of the molecule is N#Cc1cc(Br)c2c(c1)CCCC2. The topological polar surface area (TPSA) is 23.8 Å². The predicted octanol–water partition coefficient (Wildman–Crippen LogP) is 3.20. The number of aryl methyl sites for hydroxylation is 1. The second-order valence-corrected chi connectivity index (χ2v) is 4.27. The molecule has 1 aromatic carbocycles. The largest absolute Gasteiger partial charge is 0.192 e. The minimum absolute atomic E-state index is 0.771. The first kappa shape index (κ1) is 8.77. The van der Waals surface area contributed by atoms with Gasteiger partial charge in [0.1, 0.15) is 0 Å². The second kappa shape index (κ2) is 3.51. The molecule has 0 fully saturated rings. The maximum absolute atomic E-state index is 8.79. The van der Waals surface area contributed by atoms with Gasteiger partial charge in [-0.1, -0.05) is 15.9 Å². The fraction of sp³-hybridized carbons (Fsp3) is 0.364. The van der Waals surface area contributed by atoms with Gasteiger partial charge in [0, 0.05) is 4.47 Å². The van der Waals surface area contributed by atoms with E-state index in [0.717, 1.165) is 22.9 Å². The van der Waals surface area contributed by atoms with Gasteiger partial charge in [-0.15, -0.1) is 0 Å². The molecule has 0 radical (unpaired) electrons. The summed E-state index contributed by atoms with van der Waals surface area (Å²) in [6, 6.07) is 6.14. The fourth-order valence-corrected chi connectivity index (χ4v) is 2.58. The van der Waals surface area contributed by atoms with Crippen LogP contribution in [0.15, 0.2) is 16.6 Å². The number of nitriles is 1. The van der Waals surface area contributed by atoms with Crippen molar-refractivity contribution in [3.63, 3.8) is 0 Å². The van der Waals surface area contributed by atoms with E-state index in [1.54, 1.807) is 0 Å². The van der Waals surface area contributed by atoms with Crippen LogP contribution in [0, 0.1) is 11.3 Å². The molecule has 0 atom stereocenters. The first-order valence-electron chi connectivity index (χ1n) is 4.52. The number of nitrogens with zero attached hydrogens (tertiary/aromatic N) is 1. The van der Waals surface area contributed by atoms with Crippen molar-refractivity contribution < 1.29 is 0 Å². The molecule has 1 nitrogen and oxygen atoms in total. The molecule has 2 rings (SSSR count). The van der Waals surface area contributed by atoms with E-state index in [-0.39, 0.29) is 0 Å². The smallest absolute Gasteiger partial charge is 0.0992 e. The Morgan fingerprint density at radius 1 is 1.23 bits per heavy atom. The van der Waals surface area contributed by atoms with E-state index in [1.807, 2.05) is 12.1 Å². The predicted molar refractivity (Wildman–Crippen MR) is 55.5 cm³/mol. The van der Waals surface area contributed by atoms with Gasteiger partial charge in [0.05, 0.1) is 11.6 Å². The van der Waals surface area contributed by atoms with E-state index in [0.29, 0.717) is 0 Å². The lowest BCUT2D eigenvalue weighted by atomic mass is 9.90. The van der Waals surface area contributed by atoms with E-state index in [9.17, 15) is 0 Å². The van der Waals surface area contributed by atoms with Crippen molar-refractivity contribution in [1.29, 1.82) is 5.26 Å². The Morgan fingerprint density at radius 2 is 2.00 bits per heavy atom. The zero-order valence-corrected chi connectivity index (χ0v) is 8.89. The molecule has 0 unspecified atom stereocenters. The van der Waals surface area contributed by atoms with Crippen molar-refractivity contribution in [1.82, 2.24) is 0 Å². The number of halogens is 1. The van der Waals surface area contributed by atoms with Crippen LogP contribution in [0.5, 0.6) is 0 Å². The van der Waals surface area contributed by atoms with Crippen molar-refractivity contribution >= 4 is 15.9 Å². The van der Waals surface area contributed by atoms with Crippen LogP contribution in [-0.2, 0) is 12.8 Å². The van der Waals surface area contributed by atoms with Crippen molar-refractivity contribution in [2.24, 2.45) is 0 Å². The van der Waals surface area contributed by atoms with Gasteiger partial charge in [-0.25, -0.2) is 0 Å². The standard InChI is InChI=1S/C11H10BrN/c12-11-6-8(7-13)5-9-3-1-2-4-10(9)11/h5-6H,1-4H2. The van der Waals surface area contributed by atoms with Gasteiger partial charge in [-0.2, -0.15) is 5.26 Å². The van der Waals surface area contributed by atoms with Crippen LogP contribution in [0.2, 0.25) is 0 Å². The van der Waals surface area contributed by atoms with E-state index < -0.39 is 0 Å². The van der Waals surface area contributed by atoms with Crippen molar-refractivity contribution in [3.8, 4) is 6.07 Å². The molecular formula is C11H10BrN. The molecule has 0 saturated carbocycles. The van der Waals surface area contributed by atoms with Crippen molar-refractivity contribution in [2.45, 2.75) is 25.7 Å². The van der Waals surface area contributed by atoms with E-state index in [1.165, 1.54) is 24.0 Å². The molecule has 2 heteroatoms. The van der Waals surface area contributed by atoms with Crippen LogP contribution in [0.25, 0.3) is 0 Å². The Balaban J connectivity index is 2.54. The molecule has 13 heavy (non-hydrogen) atoms. The third-order valence-corrected chi connectivity index (χ3v) is 3.25. The maximum Gasteiger partial charge on any atom is 0.0992 e. The first-order chi connectivity index (χ1) is 6.31. The molecule has 66 valence electrons. The highest BCUT2D eigenvalue weighted by atomic mass is 79.9. The lowest BCUT2D eigenvalue weighted by molar-refractivity contribution is 0.683. The Hall–Kier alpha value is -0.810. The minimum atomic E-state index is 0.771. The van der Waals surface area contributed by atoms with Gasteiger partial charge in [0.2, 0.25) is 0 Å². The van der Waals surface area contributed by atoms with Crippen LogP contribution in [0.1, 0.15) is 29.5 Å². The van der Waals surface area contributed by atoms with Crippen LogP contribution < -0.4 is 0 Å². The molecule has 1 aliphatic rings. The molecule has 0 heterocycles. The third-order valence-electron chi connectivity index (χ3n) is 2.54. The summed E-state index contributed by atoms with van der Waals surface area (Å²) in [6.45, 7) is 0. The first-order valence-corrected chi connectivity index (χ1v) is 5.32. The summed E-state index contributed by atoms with van der Waals surface area (Å²) in [7, 11) is 0. The van der Waals surface area contributed by atoms with Crippen LogP contribution >= 0.6 is 15.9 Å². The summed E-state index contributed by atoms with van der Waals surface area (Å²) in [6.07, 6.45) is 4.82. The summed E-state index contributed by atoms with van der Waals surface area (Å²) in [5.41, 5.74) is 3.54. The molecule has 1 aliphatic carbocycles. The summed E-state index contributed by atoms with van der Waals surface area (Å²) in [5.74, 6) is 0. The molecule has 0 amide bonds. The molecule has 0 aliphatic heterocycles. The van der Waals surface area contributed by atoms with E-state index in [4.69, 9.17) is 5.26 Å². The van der Waals surface area contributed by atoms with Crippen LogP contribution in [0.4, 0.5) is 0 Å². The quantitative estimate of drug-likeness (QED) is 0.678. The highest BCUT2D eigenvalue weighted by molar-refractivity contribution is 9.10. The van der Waals surface area contributed by atoms with E-state index >= 15 is 0 Å². The Kier molecular flexibility index (Phi) is 2.37. The molecule has 0 N–H and O–H groups in total. The van der Waals surface area contributed by atoms with Gasteiger partial charge in [-0.05, 0) is 48.9 Å². The second-order valence-electron chi connectivity index (χ2n) is 3.41. The molecule has 0 aromatic heterocycles. The summed E-state index contributed by atoms with van der Waals surface area (Å²) in [5, 5.41) is 8.79. The molecule has 1 aromatic rings. The van der Waals surface area contributed by atoms with Crippen LogP contribution in [-0.4, -0.2) is 0 Å². The Bertz CT molecular complexity index is 376. The van der Waals surface area contributed by atoms with Gasteiger partial charge in [0.15, 0.2) is 0 Å². The maximum atomic E-state index is 8.79. The zero-order chi connectivity index (χ0) is 9.26. The zero-order valence-electron chi connectivity index (χ0n) is 7.31. The number of rotatable bonds is 0. The molecule has 0 spiro atoms. The highest BCUT2D eigenvalue weighted by Gasteiger charge is 2.12. The van der Waals surface area contributed by atoms with Gasteiger partial charge in [-0.3, -0.25) is 0 Å². The highest BCUT2D eigenvalue weighted by Crippen LogP contribution is 2.29. The molecule has 0 saturated heterocycles. The number of hydrogen-bond donors (Lipinski definition) is 0. The Morgan fingerprint density at radius 3 is 2.77 bits per heavy atom. The summed E-state index contributed by atoms with van der Waals surface area (Å²) < 4.78 is 1.11. The summed E-state index contributed by atoms with van der Waals surface area (Å²) >= 11 is 3.52. The molecule has 0 bridgehead atoms. The average molecular weight is 236 g/mol. The lowest BCUT2D eigenvalue weighted by Gasteiger charge is -2.17. The molecular weight excluding hydrogens is 226 g/mol. The van der Waals surface area contributed by atoms with Gasteiger partial charge >= 0.3 is 0 Å². The monoisotopic (exact) mass is 235 g/mol. The van der Waals surface area contributed by atoms with E-state index in [2.05, 4.69) is 22.0 Å².